The van der Waals surface area contributed by atoms with Gasteiger partial charge in [-0.1, -0.05) is 18.2 Å². The summed E-state index contributed by atoms with van der Waals surface area (Å²) in [6.07, 6.45) is 1.33. The number of fused-ring (bicyclic) bond motifs is 1. The lowest BCUT2D eigenvalue weighted by Gasteiger charge is -2.41. The number of carbonyl (C=O) groups excluding carboxylic acids is 1. The molecule has 2 heterocycles. The Hall–Kier alpha value is -2.65. The molecule has 1 amide bonds. The number of pyridine rings is 1. The fraction of sp³-hybridized carbons (Fsp3) is 0.533. The predicted molar refractivity (Wildman–Crippen MR) is 153 cm³/mol. The van der Waals surface area contributed by atoms with Crippen LogP contribution in [0.15, 0.2) is 40.0 Å². The number of nitrogens with zero attached hydrogens (tertiary/aromatic N) is 1. The second-order valence-electron chi connectivity index (χ2n) is 11.2. The SMILES string of the molecule is [2H]C([2H])([2H])Sc1cc(C)[nH]c(=O)c1CNC(=O)c1c(C)n([C@H](C)C2CCC(NC3CC(F)(F)C3)CC2)c2ccccc12. The summed E-state index contributed by atoms with van der Waals surface area (Å²) in [6, 6.07) is 9.68. The monoisotopic (exact) mass is 559 g/mol. The first-order chi connectivity index (χ1) is 19.7. The first kappa shape index (κ1) is 24.2. The molecule has 0 unspecified atom stereocenters. The van der Waals surface area contributed by atoms with Crippen LogP contribution >= 0.6 is 11.8 Å². The summed E-state index contributed by atoms with van der Waals surface area (Å²) in [4.78, 5) is 29.4. The van der Waals surface area contributed by atoms with Gasteiger partial charge in [0.25, 0.3) is 17.4 Å². The zero-order chi connectivity index (χ0) is 30.4. The maximum absolute atomic E-state index is 13.6. The normalized spacial score (nSPS) is 23.5. The molecular formula is C30H38F2N4O2S. The summed E-state index contributed by atoms with van der Waals surface area (Å²) in [6.45, 7) is 5.69. The third-order valence-corrected chi connectivity index (χ3v) is 9.16. The van der Waals surface area contributed by atoms with Crippen LogP contribution in [0.2, 0.25) is 0 Å². The standard InChI is InChI=1S/C30H38F2N4O2S/c1-17-13-26(39-4)24(28(37)34-17)16-33-29(38)27-19(3)36(25-8-6-5-7-23(25)27)18(2)20-9-11-21(12-10-20)35-22-14-30(31,32)15-22/h5-8,13,18,20-22,35H,9-12,14-16H2,1-4H3,(H,33,38)(H,34,37)/t18-,20?,21?/m1/s1/i4D3. The number of benzene rings is 1. The molecule has 1 atom stereocenters. The van der Waals surface area contributed by atoms with Crippen LogP contribution in [0.1, 0.15) is 82.9 Å². The maximum atomic E-state index is 13.6. The van der Waals surface area contributed by atoms with Gasteiger partial charge in [0.2, 0.25) is 0 Å². The summed E-state index contributed by atoms with van der Waals surface area (Å²) in [5.41, 5.74) is 2.65. The van der Waals surface area contributed by atoms with Crippen molar-refractivity contribution in [3.8, 4) is 0 Å². The number of H-pyrrole nitrogens is 1. The third-order valence-electron chi connectivity index (χ3n) is 8.57. The van der Waals surface area contributed by atoms with Crippen molar-refractivity contribution in [1.29, 1.82) is 0 Å². The third kappa shape index (κ3) is 5.66. The van der Waals surface area contributed by atoms with Crippen LogP contribution in [0.25, 0.3) is 10.9 Å². The van der Waals surface area contributed by atoms with E-state index in [0.717, 1.165) is 42.3 Å². The van der Waals surface area contributed by atoms with Crippen LogP contribution < -0.4 is 16.2 Å². The summed E-state index contributed by atoms with van der Waals surface area (Å²) in [5, 5.41) is 7.12. The lowest BCUT2D eigenvalue weighted by atomic mass is 9.80. The predicted octanol–water partition coefficient (Wildman–Crippen LogP) is 6.11. The molecule has 3 N–H and O–H groups in total. The molecule has 2 fully saturated rings. The van der Waals surface area contributed by atoms with Crippen LogP contribution in [-0.2, 0) is 6.54 Å². The first-order valence-electron chi connectivity index (χ1n) is 15.2. The average Bonchev–Trinajstić information content (AvgIpc) is 3.17. The molecule has 6 nitrogen and oxygen atoms in total. The molecule has 2 aliphatic carbocycles. The van der Waals surface area contributed by atoms with Crippen LogP contribution in [0.3, 0.4) is 0 Å². The molecule has 2 aromatic heterocycles. The van der Waals surface area contributed by atoms with Gasteiger partial charge in [0.15, 0.2) is 0 Å². The molecule has 1 aromatic carbocycles. The highest BCUT2D eigenvalue weighted by atomic mass is 32.2. The maximum Gasteiger partial charge on any atom is 0.254 e. The van der Waals surface area contributed by atoms with E-state index in [1.165, 1.54) is 0 Å². The Kier molecular flexibility index (Phi) is 6.87. The van der Waals surface area contributed by atoms with Crippen molar-refractivity contribution in [2.45, 2.75) is 94.8 Å². The van der Waals surface area contributed by atoms with Crippen molar-refractivity contribution >= 4 is 28.6 Å². The molecule has 2 saturated carbocycles. The van der Waals surface area contributed by atoms with E-state index in [1.54, 1.807) is 13.0 Å². The molecule has 0 aliphatic heterocycles. The average molecular weight is 560 g/mol. The zero-order valence-electron chi connectivity index (χ0n) is 25.6. The number of alkyl halides is 2. The largest absolute Gasteiger partial charge is 0.348 e. The zero-order valence-corrected chi connectivity index (χ0v) is 23.4. The van der Waals surface area contributed by atoms with Gasteiger partial charge >= 0.3 is 0 Å². The number of amides is 1. The Balaban J connectivity index is 1.33. The Morgan fingerprint density at radius 3 is 2.62 bits per heavy atom. The van der Waals surface area contributed by atoms with Crippen molar-refractivity contribution < 1.29 is 17.7 Å². The van der Waals surface area contributed by atoms with E-state index in [9.17, 15) is 18.4 Å². The van der Waals surface area contributed by atoms with Gasteiger partial charge in [-0.25, -0.2) is 8.78 Å². The first-order valence-corrected chi connectivity index (χ1v) is 14.5. The number of aryl methyl sites for hydroxylation is 1. The van der Waals surface area contributed by atoms with Crippen molar-refractivity contribution in [3.63, 3.8) is 0 Å². The summed E-state index contributed by atoms with van der Waals surface area (Å²) >= 11 is 0.627. The molecule has 9 heteroatoms. The number of carbonyl (C=O) groups is 1. The molecule has 0 bridgehead atoms. The van der Waals surface area contributed by atoms with Crippen molar-refractivity contribution in [2.24, 2.45) is 5.92 Å². The lowest BCUT2D eigenvalue weighted by molar-refractivity contribution is -0.0957. The van der Waals surface area contributed by atoms with E-state index >= 15 is 0 Å². The Bertz CT molecular complexity index is 1520. The summed E-state index contributed by atoms with van der Waals surface area (Å²) in [7, 11) is 0. The second kappa shape index (κ2) is 11.1. The Labute approximate surface area is 236 Å². The smallest absolute Gasteiger partial charge is 0.254 e. The minimum atomic E-state index is -2.52. The second-order valence-corrected chi connectivity index (χ2v) is 11.9. The Morgan fingerprint density at radius 1 is 1.21 bits per heavy atom. The number of thioether (sulfide) groups is 1. The quantitative estimate of drug-likeness (QED) is 0.291. The number of aromatic nitrogens is 2. The number of nitrogens with one attached hydrogen (secondary N) is 3. The van der Waals surface area contributed by atoms with Crippen molar-refractivity contribution in [1.82, 2.24) is 20.2 Å². The van der Waals surface area contributed by atoms with Gasteiger partial charge in [-0.15, -0.1) is 11.8 Å². The number of rotatable bonds is 8. The highest BCUT2D eigenvalue weighted by molar-refractivity contribution is 7.98. The van der Waals surface area contributed by atoms with Gasteiger partial charge in [0, 0.05) is 74.4 Å². The van der Waals surface area contributed by atoms with Crippen LogP contribution in [-0.4, -0.2) is 39.6 Å². The lowest BCUT2D eigenvalue weighted by Crippen LogP contribution is -2.52. The number of hydrogen-bond donors (Lipinski definition) is 3. The van der Waals surface area contributed by atoms with Crippen LogP contribution in [0.4, 0.5) is 8.78 Å². The minimum Gasteiger partial charge on any atom is -0.348 e. The van der Waals surface area contributed by atoms with Gasteiger partial charge < -0.3 is 20.2 Å². The van der Waals surface area contributed by atoms with Gasteiger partial charge in [0.1, 0.15) is 0 Å². The summed E-state index contributed by atoms with van der Waals surface area (Å²) in [5.74, 6) is -2.47. The molecule has 0 radical (unpaired) electrons. The van der Waals surface area contributed by atoms with Crippen molar-refractivity contribution in [2.75, 3.05) is 6.18 Å². The van der Waals surface area contributed by atoms with Gasteiger partial charge in [-0.3, -0.25) is 9.59 Å². The van der Waals surface area contributed by atoms with E-state index in [-0.39, 0.29) is 49.0 Å². The molecule has 0 saturated heterocycles. The van der Waals surface area contributed by atoms with E-state index < -0.39 is 17.7 Å². The highest BCUT2D eigenvalue weighted by Crippen LogP contribution is 2.41. The van der Waals surface area contributed by atoms with E-state index in [1.807, 2.05) is 31.2 Å². The number of para-hydroxylation sites is 1. The number of hydrogen-bond acceptors (Lipinski definition) is 4. The topological polar surface area (TPSA) is 78.9 Å². The Morgan fingerprint density at radius 2 is 1.92 bits per heavy atom. The van der Waals surface area contributed by atoms with Gasteiger partial charge in [-0.2, -0.15) is 0 Å². The molecule has 210 valence electrons. The van der Waals surface area contributed by atoms with Crippen LogP contribution in [0.5, 0.6) is 0 Å². The van der Waals surface area contributed by atoms with Gasteiger partial charge in [-0.05, 0) is 70.7 Å². The van der Waals surface area contributed by atoms with Crippen molar-refractivity contribution in [3.05, 3.63) is 63.2 Å². The minimum absolute atomic E-state index is 0.0688. The number of halogens is 2. The molecule has 3 aromatic rings. The highest BCUT2D eigenvalue weighted by Gasteiger charge is 2.46. The van der Waals surface area contributed by atoms with E-state index in [4.69, 9.17) is 4.11 Å². The fourth-order valence-corrected chi connectivity index (χ4v) is 7.02. The van der Waals surface area contributed by atoms with E-state index in [2.05, 4.69) is 27.1 Å². The molecular weight excluding hydrogens is 518 g/mol. The number of aromatic amines is 1. The van der Waals surface area contributed by atoms with Crippen LogP contribution in [0, 0.1) is 19.8 Å². The molecule has 39 heavy (non-hydrogen) atoms. The van der Waals surface area contributed by atoms with Gasteiger partial charge in [0.05, 0.1) is 5.56 Å². The molecule has 0 spiro atoms. The molecule has 5 rings (SSSR count). The fourth-order valence-electron chi connectivity index (χ4n) is 6.50. The summed E-state index contributed by atoms with van der Waals surface area (Å²) < 4.78 is 51.6. The molecule has 2 aliphatic rings. The van der Waals surface area contributed by atoms with E-state index in [0.29, 0.717) is 33.8 Å².